The fourth-order valence-corrected chi connectivity index (χ4v) is 2.80. The minimum absolute atomic E-state index is 0.188. The second-order valence-corrected chi connectivity index (χ2v) is 6.54. The van der Waals surface area contributed by atoms with E-state index in [9.17, 15) is 10.2 Å². The quantitative estimate of drug-likeness (QED) is 0.635. The number of phenolic OH excluding ortho intramolecular Hbond substituents is 2. The highest BCUT2D eigenvalue weighted by molar-refractivity contribution is 5.51. The van der Waals surface area contributed by atoms with Gasteiger partial charge in [-0.15, -0.1) is 0 Å². The van der Waals surface area contributed by atoms with Crippen molar-refractivity contribution < 1.29 is 10.2 Å². The Morgan fingerprint density at radius 2 is 0.760 bits per heavy atom. The van der Waals surface area contributed by atoms with E-state index in [1.54, 1.807) is 0 Å². The van der Waals surface area contributed by atoms with Crippen molar-refractivity contribution >= 4 is 0 Å². The molecular formula is C23H36O2. The molecule has 0 radical (unpaired) electrons. The Labute approximate surface area is 154 Å². The number of rotatable bonds is 2. The van der Waals surface area contributed by atoms with Crippen LogP contribution >= 0.6 is 0 Å². The van der Waals surface area contributed by atoms with Crippen molar-refractivity contribution in [2.75, 3.05) is 0 Å². The van der Waals surface area contributed by atoms with E-state index in [4.69, 9.17) is 0 Å². The van der Waals surface area contributed by atoms with Crippen LogP contribution in [-0.4, -0.2) is 10.2 Å². The smallest absolute Gasteiger partial charge is 0.121 e. The zero-order chi connectivity index (χ0) is 19.9. The van der Waals surface area contributed by atoms with Crippen LogP contribution in [0.1, 0.15) is 74.9 Å². The number of benzene rings is 2. The third-order valence-electron chi connectivity index (χ3n) is 4.43. The van der Waals surface area contributed by atoms with Gasteiger partial charge in [-0.2, -0.15) is 0 Å². The van der Waals surface area contributed by atoms with Gasteiger partial charge in [-0.1, -0.05) is 65.8 Å². The third kappa shape index (κ3) is 5.01. The summed E-state index contributed by atoms with van der Waals surface area (Å²) in [6.07, 6.45) is 0. The SMILES string of the molecule is CC.CC.Cc1cc(C(C)(C)c2cc(C)c(O)c(C)c2)cc(C)c1O. The molecule has 0 heterocycles. The van der Waals surface area contributed by atoms with Gasteiger partial charge in [0, 0.05) is 5.41 Å². The lowest BCUT2D eigenvalue weighted by Crippen LogP contribution is -2.19. The minimum Gasteiger partial charge on any atom is -0.507 e. The number of aromatic hydroxyl groups is 2. The van der Waals surface area contributed by atoms with Gasteiger partial charge in [0.2, 0.25) is 0 Å². The molecule has 0 saturated heterocycles. The number of hydrogen-bond donors (Lipinski definition) is 2. The summed E-state index contributed by atoms with van der Waals surface area (Å²) < 4.78 is 0. The van der Waals surface area contributed by atoms with Crippen molar-refractivity contribution in [3.05, 3.63) is 57.6 Å². The summed E-state index contributed by atoms with van der Waals surface area (Å²) in [5.41, 5.74) is 5.72. The van der Waals surface area contributed by atoms with Gasteiger partial charge in [0.25, 0.3) is 0 Å². The summed E-state index contributed by atoms with van der Waals surface area (Å²) in [5.74, 6) is 0.736. The molecule has 0 unspecified atom stereocenters. The zero-order valence-electron chi connectivity index (χ0n) is 17.7. The largest absolute Gasteiger partial charge is 0.507 e. The maximum atomic E-state index is 9.96. The predicted octanol–water partition coefficient (Wildman–Crippen LogP) is 6.71. The highest BCUT2D eigenvalue weighted by Crippen LogP contribution is 2.37. The molecule has 0 aliphatic heterocycles. The lowest BCUT2D eigenvalue weighted by atomic mass is 9.76. The van der Waals surface area contributed by atoms with Gasteiger partial charge < -0.3 is 10.2 Å². The van der Waals surface area contributed by atoms with Gasteiger partial charge in [0.1, 0.15) is 11.5 Å². The third-order valence-corrected chi connectivity index (χ3v) is 4.43. The van der Waals surface area contributed by atoms with E-state index < -0.39 is 0 Å². The summed E-state index contributed by atoms with van der Waals surface area (Å²) in [6.45, 7) is 20.0. The van der Waals surface area contributed by atoms with Crippen LogP contribution in [0.2, 0.25) is 0 Å². The number of hydrogen-bond acceptors (Lipinski definition) is 2. The monoisotopic (exact) mass is 344 g/mol. The van der Waals surface area contributed by atoms with Crippen LogP contribution in [0, 0.1) is 27.7 Å². The molecule has 0 saturated carbocycles. The van der Waals surface area contributed by atoms with Gasteiger partial charge in [0.05, 0.1) is 0 Å². The van der Waals surface area contributed by atoms with Crippen molar-refractivity contribution in [1.82, 2.24) is 0 Å². The minimum atomic E-state index is -0.188. The molecule has 140 valence electrons. The molecule has 0 bridgehead atoms. The van der Waals surface area contributed by atoms with Gasteiger partial charge >= 0.3 is 0 Å². The second kappa shape index (κ2) is 9.50. The van der Waals surface area contributed by atoms with Crippen molar-refractivity contribution in [3.8, 4) is 11.5 Å². The molecule has 0 aromatic heterocycles. The maximum Gasteiger partial charge on any atom is 0.121 e. The van der Waals surface area contributed by atoms with Crippen molar-refractivity contribution in [1.29, 1.82) is 0 Å². The first-order valence-corrected chi connectivity index (χ1v) is 9.26. The molecule has 0 aliphatic carbocycles. The fraction of sp³-hybridized carbons (Fsp3) is 0.478. The molecule has 2 N–H and O–H groups in total. The van der Waals surface area contributed by atoms with Crippen LogP contribution in [0.15, 0.2) is 24.3 Å². The van der Waals surface area contributed by atoms with Gasteiger partial charge in [-0.05, 0) is 61.1 Å². The zero-order valence-corrected chi connectivity index (χ0v) is 17.7. The summed E-state index contributed by atoms with van der Waals surface area (Å²) >= 11 is 0. The maximum absolute atomic E-state index is 9.96. The Kier molecular flexibility index (Phi) is 8.76. The summed E-state index contributed by atoms with van der Waals surface area (Å²) in [7, 11) is 0. The van der Waals surface area contributed by atoms with E-state index in [1.807, 2.05) is 79.7 Å². The molecule has 25 heavy (non-hydrogen) atoms. The van der Waals surface area contributed by atoms with Crippen LogP contribution in [0.3, 0.4) is 0 Å². The van der Waals surface area contributed by atoms with Crippen molar-refractivity contribution in [3.63, 3.8) is 0 Å². The molecule has 0 fully saturated rings. The van der Waals surface area contributed by atoms with Crippen LogP contribution in [0.4, 0.5) is 0 Å². The highest BCUT2D eigenvalue weighted by Gasteiger charge is 2.25. The van der Waals surface area contributed by atoms with Gasteiger partial charge in [0.15, 0.2) is 0 Å². The Balaban J connectivity index is 0.00000134. The molecule has 2 heteroatoms. The number of aryl methyl sites for hydroxylation is 4. The van der Waals surface area contributed by atoms with E-state index in [1.165, 1.54) is 11.1 Å². The van der Waals surface area contributed by atoms with E-state index >= 15 is 0 Å². The summed E-state index contributed by atoms with van der Waals surface area (Å²) in [5, 5.41) is 19.9. The number of phenols is 2. The molecule has 2 aromatic carbocycles. The first kappa shape index (κ1) is 23.0. The molecule has 0 atom stereocenters. The van der Waals surface area contributed by atoms with E-state index in [-0.39, 0.29) is 5.41 Å². The Morgan fingerprint density at radius 1 is 0.560 bits per heavy atom. The van der Waals surface area contributed by atoms with Gasteiger partial charge in [-0.25, -0.2) is 0 Å². The first-order chi connectivity index (χ1) is 11.6. The molecule has 0 amide bonds. The fourth-order valence-electron chi connectivity index (χ4n) is 2.80. The summed E-state index contributed by atoms with van der Waals surface area (Å²) in [4.78, 5) is 0. The lowest BCUT2D eigenvalue weighted by molar-refractivity contribution is 0.465. The molecule has 2 nitrogen and oxygen atoms in total. The Morgan fingerprint density at radius 3 is 0.960 bits per heavy atom. The van der Waals surface area contributed by atoms with Crippen molar-refractivity contribution in [2.24, 2.45) is 0 Å². The van der Waals surface area contributed by atoms with Crippen LogP contribution in [-0.2, 0) is 5.41 Å². The lowest BCUT2D eigenvalue weighted by Gasteiger charge is -2.28. The highest BCUT2D eigenvalue weighted by atomic mass is 16.3. The average Bonchev–Trinajstić information content (AvgIpc) is 2.60. The second-order valence-electron chi connectivity index (χ2n) is 6.54. The molecule has 0 spiro atoms. The Hall–Kier alpha value is -1.96. The summed E-state index contributed by atoms with van der Waals surface area (Å²) in [6, 6.07) is 8.17. The predicted molar refractivity (Wildman–Crippen MR) is 110 cm³/mol. The van der Waals surface area contributed by atoms with Crippen molar-refractivity contribution in [2.45, 2.75) is 74.7 Å². The molecule has 2 aromatic rings. The standard InChI is InChI=1S/C19H24O2.2C2H6/c1-11-7-15(8-12(2)17(11)20)19(5,6)16-9-13(3)18(21)14(4)10-16;2*1-2/h7-10,20-21H,1-6H3;2*1-2H3. The van der Waals surface area contributed by atoms with E-state index in [2.05, 4.69) is 13.8 Å². The van der Waals surface area contributed by atoms with Gasteiger partial charge in [-0.3, -0.25) is 0 Å². The molecular weight excluding hydrogens is 308 g/mol. The normalized spacial score (nSPS) is 10.3. The molecule has 0 aliphatic rings. The molecule has 2 rings (SSSR count). The van der Waals surface area contributed by atoms with E-state index in [0.29, 0.717) is 11.5 Å². The van der Waals surface area contributed by atoms with Crippen LogP contribution < -0.4 is 0 Å². The topological polar surface area (TPSA) is 40.5 Å². The first-order valence-electron chi connectivity index (χ1n) is 9.26. The van der Waals surface area contributed by atoms with Crippen LogP contribution in [0.25, 0.3) is 0 Å². The Bertz CT molecular complexity index is 592. The average molecular weight is 345 g/mol. The van der Waals surface area contributed by atoms with Crippen LogP contribution in [0.5, 0.6) is 11.5 Å². The van der Waals surface area contributed by atoms with E-state index in [0.717, 1.165) is 22.3 Å².